The Kier molecular flexibility index (Phi) is 7.85. The fourth-order valence-electron chi connectivity index (χ4n) is 3.39. The summed E-state index contributed by atoms with van der Waals surface area (Å²) >= 11 is 0. The molecule has 0 atom stereocenters. The lowest BCUT2D eigenvalue weighted by atomic mass is 10.0. The smallest absolute Gasteiger partial charge is 0.251 e. The number of likely N-dealkylation sites (tertiary alicyclic amines) is 1. The van der Waals surface area contributed by atoms with Crippen LogP contribution in [0.5, 0.6) is 5.75 Å². The van der Waals surface area contributed by atoms with Crippen molar-refractivity contribution < 1.29 is 14.3 Å². The summed E-state index contributed by atoms with van der Waals surface area (Å²) in [5.41, 5.74) is 1.45. The first-order chi connectivity index (χ1) is 14.5. The highest BCUT2D eigenvalue weighted by molar-refractivity contribution is 5.94. The second-order valence-corrected chi connectivity index (χ2v) is 8.17. The van der Waals surface area contributed by atoms with Crippen LogP contribution in [0.3, 0.4) is 0 Å². The Morgan fingerprint density at radius 2 is 1.70 bits per heavy atom. The van der Waals surface area contributed by atoms with Crippen LogP contribution >= 0.6 is 0 Å². The average molecular weight is 410 g/mol. The summed E-state index contributed by atoms with van der Waals surface area (Å²) in [4.78, 5) is 26.9. The molecule has 1 aliphatic rings. The van der Waals surface area contributed by atoms with Crippen molar-refractivity contribution in [2.24, 2.45) is 5.92 Å². The summed E-state index contributed by atoms with van der Waals surface area (Å²) in [6.07, 6.45) is 1.67. The van der Waals surface area contributed by atoms with Gasteiger partial charge in [-0.15, -0.1) is 0 Å². The number of para-hydroxylation sites is 1. The molecule has 1 saturated heterocycles. The second-order valence-electron chi connectivity index (χ2n) is 8.17. The maximum absolute atomic E-state index is 12.5. The number of rotatable bonds is 8. The first-order valence-electron chi connectivity index (χ1n) is 10.6. The van der Waals surface area contributed by atoms with Crippen LogP contribution in [-0.4, -0.2) is 49.0 Å². The van der Waals surface area contributed by atoms with E-state index in [-0.39, 0.29) is 17.9 Å². The quantitative estimate of drug-likeness (QED) is 0.699. The minimum absolute atomic E-state index is 0.0107. The lowest BCUT2D eigenvalue weighted by Crippen LogP contribution is -2.46. The zero-order valence-electron chi connectivity index (χ0n) is 17.8. The van der Waals surface area contributed by atoms with Gasteiger partial charge in [0.2, 0.25) is 5.91 Å². The van der Waals surface area contributed by atoms with Gasteiger partial charge < -0.3 is 15.4 Å². The molecule has 1 heterocycles. The average Bonchev–Trinajstić information content (AvgIpc) is 2.74. The van der Waals surface area contributed by atoms with E-state index in [9.17, 15) is 9.59 Å². The van der Waals surface area contributed by atoms with Crippen LogP contribution in [-0.2, 0) is 4.79 Å². The highest BCUT2D eigenvalue weighted by Gasteiger charge is 2.22. The van der Waals surface area contributed by atoms with Crippen molar-refractivity contribution in [3.63, 3.8) is 0 Å². The zero-order chi connectivity index (χ0) is 21.3. The molecule has 0 aromatic heterocycles. The minimum Gasteiger partial charge on any atom is -0.493 e. The molecule has 0 bridgehead atoms. The van der Waals surface area contributed by atoms with Crippen molar-refractivity contribution >= 4 is 17.5 Å². The number of carbonyl (C=O) groups is 2. The van der Waals surface area contributed by atoms with Crippen molar-refractivity contribution in [3.05, 3.63) is 60.2 Å². The van der Waals surface area contributed by atoms with Gasteiger partial charge in [-0.2, -0.15) is 0 Å². The SMILES string of the molecule is CC(C)COc1ccc(C(=O)NC2CCN(CC(=O)Nc3ccccc3)CC2)cc1. The summed E-state index contributed by atoms with van der Waals surface area (Å²) in [6.45, 7) is 6.80. The number of ether oxygens (including phenoxy) is 1. The van der Waals surface area contributed by atoms with Gasteiger partial charge in [0.25, 0.3) is 5.91 Å². The molecular formula is C24H31N3O3. The molecule has 6 heteroatoms. The molecular weight excluding hydrogens is 378 g/mol. The van der Waals surface area contributed by atoms with E-state index >= 15 is 0 Å². The van der Waals surface area contributed by atoms with E-state index in [1.165, 1.54) is 0 Å². The third kappa shape index (κ3) is 6.88. The molecule has 2 aromatic carbocycles. The number of carbonyl (C=O) groups excluding carboxylic acids is 2. The van der Waals surface area contributed by atoms with Crippen LogP contribution < -0.4 is 15.4 Å². The molecule has 3 rings (SSSR count). The summed E-state index contributed by atoms with van der Waals surface area (Å²) in [5, 5.41) is 6.02. The van der Waals surface area contributed by atoms with Crippen molar-refractivity contribution in [2.45, 2.75) is 32.7 Å². The van der Waals surface area contributed by atoms with Crippen LogP contribution in [0.15, 0.2) is 54.6 Å². The van der Waals surface area contributed by atoms with E-state index in [0.29, 0.717) is 24.6 Å². The van der Waals surface area contributed by atoms with Crippen molar-refractivity contribution in [2.75, 3.05) is 31.6 Å². The molecule has 2 amide bonds. The van der Waals surface area contributed by atoms with Gasteiger partial charge in [-0.1, -0.05) is 32.0 Å². The number of hydrogen-bond donors (Lipinski definition) is 2. The summed E-state index contributed by atoms with van der Waals surface area (Å²) in [5.74, 6) is 1.17. The number of piperidine rings is 1. The van der Waals surface area contributed by atoms with E-state index in [1.807, 2.05) is 42.5 Å². The molecule has 1 fully saturated rings. The highest BCUT2D eigenvalue weighted by atomic mass is 16.5. The first kappa shape index (κ1) is 21.8. The third-order valence-corrected chi connectivity index (χ3v) is 5.05. The van der Waals surface area contributed by atoms with Crippen molar-refractivity contribution in [3.8, 4) is 5.75 Å². The van der Waals surface area contributed by atoms with Crippen LogP contribution in [0.4, 0.5) is 5.69 Å². The molecule has 1 aliphatic heterocycles. The Bertz CT molecular complexity index is 813. The van der Waals surface area contributed by atoms with Crippen LogP contribution in [0.25, 0.3) is 0 Å². The number of anilines is 1. The Hall–Kier alpha value is -2.86. The highest BCUT2D eigenvalue weighted by Crippen LogP contribution is 2.15. The largest absolute Gasteiger partial charge is 0.493 e. The van der Waals surface area contributed by atoms with Gasteiger partial charge in [-0.25, -0.2) is 0 Å². The number of nitrogens with zero attached hydrogens (tertiary/aromatic N) is 1. The monoisotopic (exact) mass is 409 g/mol. The van der Waals surface area contributed by atoms with E-state index in [0.717, 1.165) is 37.4 Å². The lowest BCUT2D eigenvalue weighted by molar-refractivity contribution is -0.117. The van der Waals surface area contributed by atoms with E-state index in [1.54, 1.807) is 12.1 Å². The number of hydrogen-bond acceptors (Lipinski definition) is 4. The lowest BCUT2D eigenvalue weighted by Gasteiger charge is -2.31. The van der Waals surface area contributed by atoms with Crippen LogP contribution in [0.1, 0.15) is 37.0 Å². The Morgan fingerprint density at radius 1 is 1.03 bits per heavy atom. The van der Waals surface area contributed by atoms with E-state index in [2.05, 4.69) is 29.4 Å². The molecule has 0 saturated carbocycles. The van der Waals surface area contributed by atoms with Gasteiger partial charge >= 0.3 is 0 Å². The fourth-order valence-corrected chi connectivity index (χ4v) is 3.39. The van der Waals surface area contributed by atoms with Crippen LogP contribution in [0.2, 0.25) is 0 Å². The van der Waals surface area contributed by atoms with Gasteiger partial charge in [0, 0.05) is 30.4 Å². The van der Waals surface area contributed by atoms with E-state index in [4.69, 9.17) is 4.74 Å². The fraction of sp³-hybridized carbons (Fsp3) is 0.417. The zero-order valence-corrected chi connectivity index (χ0v) is 17.8. The minimum atomic E-state index is -0.0642. The molecule has 2 aromatic rings. The van der Waals surface area contributed by atoms with Gasteiger partial charge in [-0.05, 0) is 55.2 Å². The summed E-state index contributed by atoms with van der Waals surface area (Å²) in [6, 6.07) is 16.9. The van der Waals surface area contributed by atoms with E-state index < -0.39 is 0 Å². The molecule has 30 heavy (non-hydrogen) atoms. The molecule has 6 nitrogen and oxygen atoms in total. The Labute approximate surface area is 178 Å². The number of benzene rings is 2. The Morgan fingerprint density at radius 3 is 2.33 bits per heavy atom. The maximum Gasteiger partial charge on any atom is 0.251 e. The standard InChI is InChI=1S/C24H31N3O3/c1-18(2)17-30-22-10-8-19(9-11-22)24(29)26-21-12-14-27(15-13-21)16-23(28)25-20-6-4-3-5-7-20/h3-11,18,21H,12-17H2,1-2H3,(H,25,28)(H,26,29). The topological polar surface area (TPSA) is 70.7 Å². The molecule has 0 unspecified atom stereocenters. The summed E-state index contributed by atoms with van der Waals surface area (Å²) < 4.78 is 5.66. The van der Waals surface area contributed by atoms with Gasteiger partial charge in [-0.3, -0.25) is 14.5 Å². The third-order valence-electron chi connectivity index (χ3n) is 5.05. The number of nitrogens with one attached hydrogen (secondary N) is 2. The van der Waals surface area contributed by atoms with Gasteiger partial charge in [0.05, 0.1) is 13.2 Å². The van der Waals surface area contributed by atoms with Crippen LogP contribution in [0, 0.1) is 5.92 Å². The molecule has 2 N–H and O–H groups in total. The molecule has 0 radical (unpaired) electrons. The predicted octanol–water partition coefficient (Wildman–Crippen LogP) is 3.55. The maximum atomic E-state index is 12.5. The molecule has 160 valence electrons. The second kappa shape index (κ2) is 10.8. The first-order valence-corrected chi connectivity index (χ1v) is 10.6. The van der Waals surface area contributed by atoms with Crippen molar-refractivity contribution in [1.29, 1.82) is 0 Å². The molecule has 0 aliphatic carbocycles. The number of amides is 2. The van der Waals surface area contributed by atoms with Gasteiger partial charge in [0.1, 0.15) is 5.75 Å². The van der Waals surface area contributed by atoms with Crippen molar-refractivity contribution in [1.82, 2.24) is 10.2 Å². The molecule has 0 spiro atoms. The summed E-state index contributed by atoms with van der Waals surface area (Å²) in [7, 11) is 0. The van der Waals surface area contributed by atoms with Gasteiger partial charge in [0.15, 0.2) is 0 Å². The predicted molar refractivity (Wildman–Crippen MR) is 119 cm³/mol. The Balaban J connectivity index is 1.39. The normalized spacial score (nSPS) is 15.0.